The van der Waals surface area contributed by atoms with Gasteiger partial charge in [-0.15, -0.1) is 10.2 Å². The van der Waals surface area contributed by atoms with Crippen LogP contribution < -0.4 is 0 Å². The zero-order chi connectivity index (χ0) is 27.6. The first-order valence-electron chi connectivity index (χ1n) is 12.8. The molecule has 9 nitrogen and oxygen atoms in total. The smallest absolute Gasteiger partial charge is 0.229 e. The van der Waals surface area contributed by atoms with E-state index in [1.165, 1.54) is 35.5 Å². The van der Waals surface area contributed by atoms with Crippen molar-refractivity contribution >= 4 is 9.84 Å². The van der Waals surface area contributed by atoms with E-state index >= 15 is 0 Å². The maximum absolute atomic E-state index is 14.5. The number of aryl methyl sites for hydroxylation is 1. The van der Waals surface area contributed by atoms with Gasteiger partial charge in [0.05, 0.1) is 33.8 Å². The van der Waals surface area contributed by atoms with Gasteiger partial charge in [0.1, 0.15) is 27.8 Å². The molecule has 2 aliphatic carbocycles. The third-order valence-corrected chi connectivity index (χ3v) is 9.37. The van der Waals surface area contributed by atoms with Gasteiger partial charge in [-0.2, -0.15) is 9.78 Å². The summed E-state index contributed by atoms with van der Waals surface area (Å²) in [7, 11) is -3.05. The average molecular weight is 552 g/mol. The molecule has 1 saturated carbocycles. The Morgan fingerprint density at radius 1 is 1.10 bits per heavy atom. The Labute approximate surface area is 224 Å². The number of fused-ring (bicyclic) bond motifs is 5. The summed E-state index contributed by atoms with van der Waals surface area (Å²) in [6, 6.07) is 7.41. The first-order chi connectivity index (χ1) is 18.5. The van der Waals surface area contributed by atoms with Gasteiger partial charge in [0.15, 0.2) is 5.82 Å². The number of rotatable bonds is 7. The van der Waals surface area contributed by atoms with E-state index in [4.69, 9.17) is 4.98 Å². The zero-order valence-corrected chi connectivity index (χ0v) is 22.6. The van der Waals surface area contributed by atoms with Crippen LogP contribution in [0.4, 0.5) is 8.78 Å². The molecular weight excluding hydrogens is 524 g/mol. The maximum Gasteiger partial charge on any atom is 0.252 e. The van der Waals surface area contributed by atoms with E-state index in [0.29, 0.717) is 24.6 Å². The average Bonchev–Trinajstić information content (AvgIpc) is 3.51. The van der Waals surface area contributed by atoms with Crippen LogP contribution in [0.1, 0.15) is 61.8 Å². The third kappa shape index (κ3) is 4.03. The molecule has 2 atom stereocenters. The lowest BCUT2D eigenvalue weighted by Crippen LogP contribution is -2.38. The molecule has 1 aromatic carbocycles. The van der Waals surface area contributed by atoms with Crippen molar-refractivity contribution in [3.05, 3.63) is 77.3 Å². The number of halogens is 2. The number of aromatic nitrogens is 7. The molecular formula is C27H27F2N7O2S. The highest BCUT2D eigenvalue weighted by atomic mass is 32.2. The topological polar surface area (TPSA) is 116 Å². The minimum absolute atomic E-state index is 0.0675. The summed E-state index contributed by atoms with van der Waals surface area (Å²) < 4.78 is 53.4. The van der Waals surface area contributed by atoms with Crippen molar-refractivity contribution in [2.24, 2.45) is 5.41 Å². The van der Waals surface area contributed by atoms with Gasteiger partial charge in [0.25, 0.3) is 5.95 Å². The predicted molar refractivity (Wildman–Crippen MR) is 139 cm³/mol. The van der Waals surface area contributed by atoms with Crippen molar-refractivity contribution in [2.45, 2.75) is 50.9 Å². The van der Waals surface area contributed by atoms with E-state index in [1.54, 1.807) is 12.3 Å². The van der Waals surface area contributed by atoms with Gasteiger partial charge in [-0.05, 0) is 60.4 Å². The van der Waals surface area contributed by atoms with Gasteiger partial charge in [-0.25, -0.2) is 32.2 Å². The Kier molecular flexibility index (Phi) is 5.87. The molecule has 3 aromatic heterocycles. The molecule has 2 aliphatic rings. The van der Waals surface area contributed by atoms with Gasteiger partial charge in [-0.3, -0.25) is 0 Å². The molecule has 0 radical (unpaired) electrons. The van der Waals surface area contributed by atoms with Crippen LogP contribution in [0, 0.1) is 17.0 Å². The molecule has 2 bridgehead atoms. The zero-order valence-electron chi connectivity index (χ0n) is 21.8. The normalized spacial score (nSPS) is 21.3. The highest BCUT2D eigenvalue weighted by Gasteiger charge is 2.65. The summed E-state index contributed by atoms with van der Waals surface area (Å²) in [5.74, 6) is -0.317. The number of benzene rings is 1. The Balaban J connectivity index is 1.37. The second-order valence-electron chi connectivity index (χ2n) is 10.9. The quantitative estimate of drug-likeness (QED) is 0.339. The Morgan fingerprint density at radius 3 is 2.62 bits per heavy atom. The number of hydrogen-bond acceptors (Lipinski definition) is 8. The van der Waals surface area contributed by atoms with Crippen LogP contribution >= 0.6 is 0 Å². The number of sulfone groups is 1. The third-order valence-electron chi connectivity index (χ3n) is 8.34. The van der Waals surface area contributed by atoms with Crippen molar-refractivity contribution < 1.29 is 17.2 Å². The van der Waals surface area contributed by atoms with Crippen molar-refractivity contribution in [3.63, 3.8) is 0 Å². The van der Waals surface area contributed by atoms with E-state index < -0.39 is 26.9 Å². The summed E-state index contributed by atoms with van der Waals surface area (Å²) in [6.07, 6.45) is 6.92. The fraction of sp³-hybridized carbons (Fsp3) is 0.407. The summed E-state index contributed by atoms with van der Waals surface area (Å²) in [6.45, 7) is 4.35. The van der Waals surface area contributed by atoms with Gasteiger partial charge in [0, 0.05) is 18.9 Å². The van der Waals surface area contributed by atoms with Crippen molar-refractivity contribution in [3.8, 4) is 17.2 Å². The molecule has 39 heavy (non-hydrogen) atoms. The monoisotopic (exact) mass is 551 g/mol. The Morgan fingerprint density at radius 2 is 1.87 bits per heavy atom. The van der Waals surface area contributed by atoms with Crippen LogP contribution in [-0.4, -0.2) is 55.4 Å². The van der Waals surface area contributed by atoms with Crippen molar-refractivity contribution in [1.82, 2.24) is 34.9 Å². The molecule has 0 saturated heterocycles. The summed E-state index contributed by atoms with van der Waals surface area (Å²) in [4.78, 5) is 13.6. The predicted octanol–water partition coefficient (Wildman–Crippen LogP) is 3.97. The largest absolute Gasteiger partial charge is 0.252 e. The molecule has 1 fully saturated rings. The van der Waals surface area contributed by atoms with Gasteiger partial charge < -0.3 is 0 Å². The second kappa shape index (κ2) is 8.94. The first-order valence-corrected chi connectivity index (χ1v) is 14.8. The Hall–Kier alpha value is -3.67. The molecule has 4 aromatic rings. The highest BCUT2D eigenvalue weighted by molar-refractivity contribution is 7.90. The lowest BCUT2D eigenvalue weighted by atomic mass is 9.66. The van der Waals surface area contributed by atoms with Crippen LogP contribution in [0.15, 0.2) is 42.9 Å². The van der Waals surface area contributed by atoms with E-state index in [2.05, 4.69) is 39.1 Å². The molecule has 0 spiro atoms. The minimum Gasteiger partial charge on any atom is -0.229 e. The molecule has 0 N–H and O–H groups in total. The first kappa shape index (κ1) is 25.6. The summed E-state index contributed by atoms with van der Waals surface area (Å²) >= 11 is 0. The van der Waals surface area contributed by atoms with Gasteiger partial charge >= 0.3 is 0 Å². The fourth-order valence-electron chi connectivity index (χ4n) is 6.45. The SMILES string of the molecule is CC1(C)[C@H]2CC[C@]1(c1ccnc(-n3cnc(CCCS(C)(=O)=O)n3)n1)c1nnc(-c3c(F)cccc3F)cc12. The van der Waals surface area contributed by atoms with E-state index in [-0.39, 0.29) is 28.3 Å². The van der Waals surface area contributed by atoms with Crippen LogP contribution in [0.25, 0.3) is 17.2 Å². The molecule has 6 rings (SSSR count). The molecule has 3 heterocycles. The lowest BCUT2D eigenvalue weighted by molar-refractivity contribution is 0.242. The summed E-state index contributed by atoms with van der Waals surface area (Å²) in [5, 5.41) is 13.3. The van der Waals surface area contributed by atoms with Gasteiger partial charge in [0.2, 0.25) is 0 Å². The second-order valence-corrected chi connectivity index (χ2v) is 13.2. The molecule has 202 valence electrons. The van der Waals surface area contributed by atoms with Crippen LogP contribution in [0.2, 0.25) is 0 Å². The number of nitrogens with zero attached hydrogens (tertiary/aromatic N) is 7. The van der Waals surface area contributed by atoms with E-state index in [1.807, 2.05) is 6.07 Å². The number of hydrogen-bond donors (Lipinski definition) is 0. The van der Waals surface area contributed by atoms with E-state index in [9.17, 15) is 17.2 Å². The molecule has 0 aliphatic heterocycles. The van der Waals surface area contributed by atoms with Crippen LogP contribution in [0.3, 0.4) is 0 Å². The van der Waals surface area contributed by atoms with Crippen molar-refractivity contribution in [1.29, 1.82) is 0 Å². The van der Waals surface area contributed by atoms with Crippen molar-refractivity contribution in [2.75, 3.05) is 12.0 Å². The minimum atomic E-state index is -3.05. The van der Waals surface area contributed by atoms with Crippen LogP contribution in [-0.2, 0) is 21.7 Å². The van der Waals surface area contributed by atoms with E-state index in [0.717, 1.165) is 29.8 Å². The maximum atomic E-state index is 14.5. The molecule has 0 unspecified atom stereocenters. The van der Waals surface area contributed by atoms with Crippen LogP contribution in [0.5, 0.6) is 0 Å². The Bertz CT molecular complexity index is 1690. The highest BCUT2D eigenvalue weighted by Crippen LogP contribution is 2.69. The summed E-state index contributed by atoms with van der Waals surface area (Å²) in [5.41, 5.74) is 1.63. The van der Waals surface area contributed by atoms with Gasteiger partial charge in [-0.1, -0.05) is 19.9 Å². The standard InChI is InChI=1S/C27H27F2N7O2S/c1-26(2)17-9-11-27(26,24-16(17)14-20(33-34-24)23-18(28)6-4-7-19(23)29)21-10-12-30-25(32-21)36-15-31-22(35-36)8-5-13-39(3,37)38/h4,6-7,10,12,14-15,17H,5,8-9,11,13H2,1-3H3/t17-,27-/m0/s1. The fourth-order valence-corrected chi connectivity index (χ4v) is 7.12. The molecule has 0 amide bonds. The lowest BCUT2D eigenvalue weighted by Gasteiger charge is -2.37. The molecule has 12 heteroatoms.